The Hall–Kier alpha value is -1.32. The van der Waals surface area contributed by atoms with Crippen molar-refractivity contribution in [3.63, 3.8) is 0 Å². The van der Waals surface area contributed by atoms with Gasteiger partial charge >= 0.3 is 0 Å². The van der Waals surface area contributed by atoms with E-state index in [0.29, 0.717) is 6.04 Å². The number of aromatic nitrogens is 1. The van der Waals surface area contributed by atoms with E-state index in [2.05, 4.69) is 41.3 Å². The molecule has 4 rings (SSSR count). The Balaban J connectivity index is 1.95. The maximum atomic E-state index is 6.01. The number of nitrogens with one attached hydrogen (secondary N) is 1. The molecule has 3 heteroatoms. The minimum Gasteiger partial charge on any atom is -0.371 e. The van der Waals surface area contributed by atoms with Gasteiger partial charge in [-0.25, -0.2) is 0 Å². The Morgan fingerprint density at radius 1 is 1.41 bits per heavy atom. The maximum absolute atomic E-state index is 6.01. The van der Waals surface area contributed by atoms with Gasteiger partial charge in [-0.1, -0.05) is 12.1 Å². The Morgan fingerprint density at radius 3 is 3.29 bits per heavy atom. The molecule has 0 spiro atoms. The third-order valence-electron chi connectivity index (χ3n) is 4.21. The number of likely N-dealkylation sites (N-methyl/N-ethyl adjacent to an activating group) is 1. The lowest BCUT2D eigenvalue weighted by molar-refractivity contribution is -0.0643. The van der Waals surface area contributed by atoms with Gasteiger partial charge < -0.3 is 9.72 Å². The Labute approximate surface area is 100 Å². The third kappa shape index (κ3) is 1.24. The van der Waals surface area contributed by atoms with Crippen LogP contribution in [0.2, 0.25) is 0 Å². The predicted octanol–water partition coefficient (Wildman–Crippen LogP) is 2.10. The van der Waals surface area contributed by atoms with Crippen molar-refractivity contribution in [1.29, 1.82) is 0 Å². The zero-order chi connectivity index (χ0) is 11.4. The number of H-pyrrole nitrogens is 1. The molecule has 1 aromatic heterocycles. The van der Waals surface area contributed by atoms with Gasteiger partial charge in [0.1, 0.15) is 0 Å². The number of aromatic amines is 1. The highest BCUT2D eigenvalue weighted by Gasteiger charge is 2.36. The van der Waals surface area contributed by atoms with Crippen molar-refractivity contribution in [2.45, 2.75) is 18.6 Å². The molecule has 1 aromatic carbocycles. The highest BCUT2D eigenvalue weighted by molar-refractivity contribution is 5.88. The van der Waals surface area contributed by atoms with E-state index in [0.717, 1.165) is 19.6 Å². The van der Waals surface area contributed by atoms with Crippen molar-refractivity contribution in [2.75, 3.05) is 20.2 Å². The summed E-state index contributed by atoms with van der Waals surface area (Å²) in [4.78, 5) is 5.80. The molecule has 0 radical (unpaired) electrons. The molecule has 1 N–H and O–H groups in total. The number of fused-ring (bicyclic) bond motifs is 2. The lowest BCUT2D eigenvalue weighted by Crippen LogP contribution is -2.47. The largest absolute Gasteiger partial charge is 0.371 e. The van der Waals surface area contributed by atoms with Gasteiger partial charge in [-0.3, -0.25) is 4.90 Å². The summed E-state index contributed by atoms with van der Waals surface area (Å²) in [5, 5.41) is 1.39. The minimum atomic E-state index is 0.251. The van der Waals surface area contributed by atoms with Crippen LogP contribution in [-0.2, 0) is 11.2 Å². The molecule has 2 atom stereocenters. The first-order valence-electron chi connectivity index (χ1n) is 6.25. The summed E-state index contributed by atoms with van der Waals surface area (Å²) in [5.74, 6) is 0. The topological polar surface area (TPSA) is 28.3 Å². The van der Waals surface area contributed by atoms with Crippen LogP contribution in [0, 0.1) is 0 Å². The smallest absolute Gasteiger partial charge is 0.0990 e. The molecule has 0 amide bonds. The van der Waals surface area contributed by atoms with Crippen molar-refractivity contribution in [1.82, 2.24) is 9.88 Å². The van der Waals surface area contributed by atoms with Crippen LogP contribution in [0.4, 0.5) is 0 Å². The van der Waals surface area contributed by atoms with Crippen molar-refractivity contribution in [3.8, 4) is 0 Å². The molecule has 2 aliphatic rings. The highest BCUT2D eigenvalue weighted by atomic mass is 16.5. The Kier molecular flexibility index (Phi) is 1.90. The molecule has 2 aromatic rings. The van der Waals surface area contributed by atoms with Gasteiger partial charge in [0, 0.05) is 29.7 Å². The van der Waals surface area contributed by atoms with E-state index in [9.17, 15) is 0 Å². The van der Waals surface area contributed by atoms with Crippen LogP contribution in [0.5, 0.6) is 0 Å². The molecule has 1 aliphatic heterocycles. The van der Waals surface area contributed by atoms with Gasteiger partial charge in [0.2, 0.25) is 0 Å². The summed E-state index contributed by atoms with van der Waals surface area (Å²) >= 11 is 0. The normalized spacial score (nSPS) is 28.3. The molecule has 2 heterocycles. The molecular weight excluding hydrogens is 212 g/mol. The number of ether oxygens (including phenoxy) is 1. The second-order valence-corrected chi connectivity index (χ2v) is 5.13. The maximum Gasteiger partial charge on any atom is 0.0990 e. The van der Waals surface area contributed by atoms with Gasteiger partial charge in [-0.05, 0) is 30.7 Å². The van der Waals surface area contributed by atoms with Crippen molar-refractivity contribution in [3.05, 3.63) is 35.5 Å². The summed E-state index contributed by atoms with van der Waals surface area (Å²) in [6.07, 6.45) is 3.51. The molecule has 1 aliphatic carbocycles. The zero-order valence-corrected chi connectivity index (χ0v) is 9.94. The number of hydrogen-bond acceptors (Lipinski definition) is 2. The van der Waals surface area contributed by atoms with Gasteiger partial charge in [0.25, 0.3) is 0 Å². The van der Waals surface area contributed by atoms with Gasteiger partial charge in [0.05, 0.1) is 12.7 Å². The number of benzene rings is 1. The average Bonchev–Trinajstić information content (AvgIpc) is 2.76. The average molecular weight is 228 g/mol. The highest BCUT2D eigenvalue weighted by Crippen LogP contribution is 2.40. The molecule has 3 nitrogen and oxygen atoms in total. The van der Waals surface area contributed by atoms with E-state index in [-0.39, 0.29) is 6.10 Å². The lowest BCUT2D eigenvalue weighted by atomic mass is 9.85. The predicted molar refractivity (Wildman–Crippen MR) is 67.1 cm³/mol. The molecule has 1 saturated heterocycles. The Bertz CT molecular complexity index is 575. The number of nitrogens with zero attached hydrogens (tertiary/aromatic N) is 1. The fourth-order valence-electron chi connectivity index (χ4n) is 3.30. The standard InChI is InChI=1S/C14H16N2O/c1-16-5-6-17-14-10-3-2-4-11-13(10)9(8-15-11)7-12(14)16/h2-4,8,12,14-15H,5-7H2,1H3/t12-,14-/m1/s1. The molecule has 0 bridgehead atoms. The van der Waals surface area contributed by atoms with Crippen LogP contribution < -0.4 is 0 Å². The van der Waals surface area contributed by atoms with Crippen LogP contribution in [0.25, 0.3) is 10.9 Å². The summed E-state index contributed by atoms with van der Waals surface area (Å²) in [5.41, 5.74) is 4.04. The van der Waals surface area contributed by atoms with Crippen LogP contribution >= 0.6 is 0 Å². The Morgan fingerprint density at radius 2 is 2.35 bits per heavy atom. The molecule has 0 unspecified atom stereocenters. The second kappa shape index (κ2) is 3.34. The summed E-state index contributed by atoms with van der Waals surface area (Å²) < 4.78 is 6.01. The van der Waals surface area contributed by atoms with E-state index in [1.165, 1.54) is 22.0 Å². The van der Waals surface area contributed by atoms with Crippen molar-refractivity contribution >= 4 is 10.9 Å². The van der Waals surface area contributed by atoms with E-state index in [1.54, 1.807) is 0 Å². The SMILES string of the molecule is CN1CCO[C@@H]2c3cccc4[nH]cc(c34)C[C@H]21. The quantitative estimate of drug-likeness (QED) is 0.748. The fourth-order valence-corrected chi connectivity index (χ4v) is 3.30. The lowest BCUT2D eigenvalue weighted by Gasteiger charge is -2.41. The van der Waals surface area contributed by atoms with Crippen molar-refractivity contribution < 1.29 is 4.74 Å². The third-order valence-corrected chi connectivity index (χ3v) is 4.21. The monoisotopic (exact) mass is 228 g/mol. The van der Waals surface area contributed by atoms with Crippen molar-refractivity contribution in [2.24, 2.45) is 0 Å². The first-order chi connectivity index (χ1) is 8.34. The fraction of sp³-hybridized carbons (Fsp3) is 0.429. The summed E-state index contributed by atoms with van der Waals surface area (Å²) in [7, 11) is 2.21. The van der Waals surface area contributed by atoms with Crippen LogP contribution in [0.1, 0.15) is 17.2 Å². The molecule has 17 heavy (non-hydrogen) atoms. The molecule has 1 fully saturated rings. The second-order valence-electron chi connectivity index (χ2n) is 5.13. The van der Waals surface area contributed by atoms with E-state index in [4.69, 9.17) is 4.74 Å². The first-order valence-corrected chi connectivity index (χ1v) is 6.25. The molecular formula is C14H16N2O. The number of rotatable bonds is 0. The minimum absolute atomic E-state index is 0.251. The zero-order valence-electron chi connectivity index (χ0n) is 9.94. The first kappa shape index (κ1) is 9.68. The van der Waals surface area contributed by atoms with Crippen LogP contribution in [0.3, 0.4) is 0 Å². The molecule has 88 valence electrons. The number of morpholine rings is 1. The molecule has 0 saturated carbocycles. The van der Waals surface area contributed by atoms with Crippen LogP contribution in [0.15, 0.2) is 24.4 Å². The number of hydrogen-bond donors (Lipinski definition) is 1. The van der Waals surface area contributed by atoms with Gasteiger partial charge in [-0.2, -0.15) is 0 Å². The van der Waals surface area contributed by atoms with Crippen LogP contribution in [-0.4, -0.2) is 36.1 Å². The van der Waals surface area contributed by atoms with E-state index < -0.39 is 0 Å². The summed E-state index contributed by atoms with van der Waals surface area (Å²) in [6, 6.07) is 6.99. The van der Waals surface area contributed by atoms with Gasteiger partial charge in [0.15, 0.2) is 0 Å². The summed E-state index contributed by atoms with van der Waals surface area (Å²) in [6.45, 7) is 1.88. The van der Waals surface area contributed by atoms with Gasteiger partial charge in [-0.15, -0.1) is 0 Å². The van der Waals surface area contributed by atoms with E-state index >= 15 is 0 Å². The van der Waals surface area contributed by atoms with E-state index in [1.807, 2.05) is 0 Å².